The smallest absolute Gasteiger partial charge is 0.203 e. The van der Waals surface area contributed by atoms with Gasteiger partial charge >= 0.3 is 0 Å². The first-order chi connectivity index (χ1) is 8.76. The number of aromatic nitrogens is 2. The van der Waals surface area contributed by atoms with Crippen molar-refractivity contribution in [1.82, 2.24) is 9.55 Å². The second-order valence-corrected chi connectivity index (χ2v) is 6.22. The maximum Gasteiger partial charge on any atom is 0.203 e. The molecule has 3 rings (SSSR count). The first kappa shape index (κ1) is 12.1. The van der Waals surface area contributed by atoms with Gasteiger partial charge in [-0.1, -0.05) is 13.3 Å². The van der Waals surface area contributed by atoms with Crippen molar-refractivity contribution in [2.24, 2.45) is 17.8 Å². The second-order valence-electron chi connectivity index (χ2n) is 6.22. The zero-order chi connectivity index (χ0) is 12.5. The van der Waals surface area contributed by atoms with Crippen LogP contribution >= 0.6 is 0 Å². The molecule has 2 aliphatic rings. The van der Waals surface area contributed by atoms with E-state index in [0.717, 1.165) is 42.5 Å². The van der Waals surface area contributed by atoms with Crippen molar-refractivity contribution in [1.29, 1.82) is 0 Å². The maximum absolute atomic E-state index is 4.60. The molecule has 18 heavy (non-hydrogen) atoms. The van der Waals surface area contributed by atoms with Crippen LogP contribution in [0.4, 0.5) is 5.95 Å². The van der Waals surface area contributed by atoms with Crippen LogP contribution in [-0.4, -0.2) is 16.1 Å². The lowest BCUT2D eigenvalue weighted by molar-refractivity contribution is 0.347. The first-order valence-electron chi connectivity index (χ1n) is 7.54. The van der Waals surface area contributed by atoms with Gasteiger partial charge in [0.15, 0.2) is 0 Å². The van der Waals surface area contributed by atoms with Crippen LogP contribution in [0.5, 0.6) is 0 Å². The highest BCUT2D eigenvalue weighted by atomic mass is 15.2. The zero-order valence-electron chi connectivity index (χ0n) is 11.7. The fourth-order valence-corrected chi connectivity index (χ4v) is 3.95. The minimum atomic E-state index is 0.899. The average Bonchev–Trinajstić information content (AvgIpc) is 3.02. The Hall–Kier alpha value is -0.990. The Morgan fingerprint density at radius 2 is 2.28 bits per heavy atom. The minimum Gasteiger partial charge on any atom is -0.355 e. The second kappa shape index (κ2) is 4.94. The van der Waals surface area contributed by atoms with E-state index in [1.165, 1.54) is 32.1 Å². The lowest BCUT2D eigenvalue weighted by atomic mass is 9.89. The molecule has 0 radical (unpaired) electrons. The van der Waals surface area contributed by atoms with Crippen molar-refractivity contribution < 1.29 is 0 Å². The molecule has 0 saturated heterocycles. The van der Waals surface area contributed by atoms with E-state index in [1.54, 1.807) is 0 Å². The molecular weight excluding hydrogens is 222 g/mol. The van der Waals surface area contributed by atoms with Crippen LogP contribution < -0.4 is 5.32 Å². The average molecular weight is 247 g/mol. The molecule has 2 aliphatic carbocycles. The fraction of sp³-hybridized carbons (Fsp3) is 0.800. The topological polar surface area (TPSA) is 29.9 Å². The van der Waals surface area contributed by atoms with Crippen LogP contribution in [0.1, 0.15) is 44.7 Å². The normalized spacial score (nSPS) is 30.0. The lowest BCUT2D eigenvalue weighted by Gasteiger charge is -2.22. The molecule has 0 aliphatic heterocycles. The summed E-state index contributed by atoms with van der Waals surface area (Å²) >= 11 is 0. The van der Waals surface area contributed by atoms with E-state index in [-0.39, 0.29) is 0 Å². The summed E-state index contributed by atoms with van der Waals surface area (Å²) < 4.78 is 2.27. The van der Waals surface area contributed by atoms with E-state index in [9.17, 15) is 0 Å². The number of aryl methyl sites for hydroxylation is 2. The van der Waals surface area contributed by atoms with Crippen LogP contribution in [-0.2, 0) is 6.54 Å². The van der Waals surface area contributed by atoms with E-state index in [4.69, 9.17) is 0 Å². The molecule has 0 spiro atoms. The van der Waals surface area contributed by atoms with Gasteiger partial charge in [-0.3, -0.25) is 0 Å². The van der Waals surface area contributed by atoms with Gasteiger partial charge in [-0.2, -0.15) is 0 Å². The molecule has 1 heterocycles. The molecule has 100 valence electrons. The number of imidazole rings is 1. The summed E-state index contributed by atoms with van der Waals surface area (Å²) in [4.78, 5) is 4.60. The number of rotatable bonds is 5. The Labute approximate surface area is 110 Å². The quantitative estimate of drug-likeness (QED) is 0.863. The van der Waals surface area contributed by atoms with Gasteiger partial charge in [0.1, 0.15) is 0 Å². The Bertz CT molecular complexity index is 410. The van der Waals surface area contributed by atoms with Crippen molar-refractivity contribution in [3.8, 4) is 0 Å². The maximum atomic E-state index is 4.60. The van der Waals surface area contributed by atoms with Crippen molar-refractivity contribution in [3.05, 3.63) is 11.9 Å². The highest BCUT2D eigenvalue weighted by molar-refractivity contribution is 5.29. The van der Waals surface area contributed by atoms with Crippen LogP contribution in [0.2, 0.25) is 0 Å². The lowest BCUT2D eigenvalue weighted by Crippen LogP contribution is -2.21. The fourth-order valence-electron chi connectivity index (χ4n) is 3.95. The minimum absolute atomic E-state index is 0.899. The van der Waals surface area contributed by atoms with Crippen LogP contribution in [0.25, 0.3) is 0 Å². The van der Waals surface area contributed by atoms with Crippen LogP contribution in [0.3, 0.4) is 0 Å². The molecule has 0 amide bonds. The van der Waals surface area contributed by atoms with E-state index < -0.39 is 0 Å². The van der Waals surface area contributed by atoms with Crippen molar-refractivity contribution in [2.75, 3.05) is 11.9 Å². The number of hydrogen-bond donors (Lipinski definition) is 1. The summed E-state index contributed by atoms with van der Waals surface area (Å²) in [7, 11) is 0. The summed E-state index contributed by atoms with van der Waals surface area (Å²) in [6.07, 6.45) is 9.23. The molecule has 0 aromatic carbocycles. The molecule has 2 bridgehead atoms. The number of fused-ring (bicyclic) bond motifs is 2. The van der Waals surface area contributed by atoms with E-state index in [2.05, 4.69) is 34.9 Å². The third-order valence-corrected chi connectivity index (χ3v) is 4.77. The van der Waals surface area contributed by atoms with Crippen molar-refractivity contribution >= 4 is 5.95 Å². The van der Waals surface area contributed by atoms with Crippen LogP contribution in [0.15, 0.2) is 6.20 Å². The number of hydrogen-bond acceptors (Lipinski definition) is 2. The number of nitrogens with one attached hydrogen (secondary N) is 1. The zero-order valence-corrected chi connectivity index (χ0v) is 11.7. The Kier molecular flexibility index (Phi) is 3.31. The van der Waals surface area contributed by atoms with E-state index >= 15 is 0 Å². The molecule has 2 saturated carbocycles. The van der Waals surface area contributed by atoms with Gasteiger partial charge in [0, 0.05) is 19.3 Å². The summed E-state index contributed by atoms with van der Waals surface area (Å²) in [5, 5.41) is 3.60. The highest BCUT2D eigenvalue weighted by Crippen LogP contribution is 2.48. The van der Waals surface area contributed by atoms with E-state index in [0.29, 0.717) is 0 Å². The standard InChI is InChI=1S/C15H25N3/c1-3-6-18-10-11(2)17-15(18)16-9-14-8-12-4-5-13(14)7-12/h10,12-14H,3-9H2,1-2H3,(H,16,17). The molecular formula is C15H25N3. The van der Waals surface area contributed by atoms with Gasteiger partial charge in [0.25, 0.3) is 0 Å². The molecule has 3 atom stereocenters. The van der Waals surface area contributed by atoms with Crippen molar-refractivity contribution in [3.63, 3.8) is 0 Å². The Balaban J connectivity index is 1.59. The van der Waals surface area contributed by atoms with Gasteiger partial charge in [-0.15, -0.1) is 0 Å². The van der Waals surface area contributed by atoms with Crippen LogP contribution in [0, 0.1) is 24.7 Å². The Morgan fingerprint density at radius 1 is 1.39 bits per heavy atom. The van der Waals surface area contributed by atoms with Gasteiger partial charge in [-0.25, -0.2) is 4.98 Å². The summed E-state index contributed by atoms with van der Waals surface area (Å²) in [5.41, 5.74) is 1.12. The number of nitrogens with zero attached hydrogens (tertiary/aromatic N) is 2. The van der Waals surface area contributed by atoms with Gasteiger partial charge in [-0.05, 0) is 50.4 Å². The monoisotopic (exact) mass is 247 g/mol. The predicted octanol–water partition coefficient (Wildman–Crippen LogP) is 3.45. The molecule has 3 nitrogen and oxygen atoms in total. The van der Waals surface area contributed by atoms with Gasteiger partial charge in [0.2, 0.25) is 5.95 Å². The predicted molar refractivity (Wildman–Crippen MR) is 74.7 cm³/mol. The van der Waals surface area contributed by atoms with Crippen molar-refractivity contribution in [2.45, 2.75) is 52.5 Å². The van der Waals surface area contributed by atoms with Gasteiger partial charge in [0.05, 0.1) is 5.69 Å². The summed E-state index contributed by atoms with van der Waals surface area (Å²) in [5.74, 6) is 4.02. The van der Waals surface area contributed by atoms with Gasteiger partial charge < -0.3 is 9.88 Å². The molecule has 3 unspecified atom stereocenters. The third kappa shape index (κ3) is 2.27. The summed E-state index contributed by atoms with van der Waals surface area (Å²) in [6, 6.07) is 0. The molecule has 2 fully saturated rings. The SMILES string of the molecule is CCCn1cc(C)nc1NCC1CC2CCC1C2. The largest absolute Gasteiger partial charge is 0.355 e. The Morgan fingerprint density at radius 3 is 2.94 bits per heavy atom. The molecule has 3 heteroatoms. The molecule has 1 aromatic rings. The molecule has 1 aromatic heterocycles. The first-order valence-corrected chi connectivity index (χ1v) is 7.54. The van der Waals surface area contributed by atoms with E-state index in [1.807, 2.05) is 0 Å². The number of anilines is 1. The molecule has 1 N–H and O–H groups in total. The summed E-state index contributed by atoms with van der Waals surface area (Å²) in [6.45, 7) is 6.49. The highest BCUT2D eigenvalue weighted by Gasteiger charge is 2.39. The third-order valence-electron chi connectivity index (χ3n) is 4.77.